The summed E-state index contributed by atoms with van der Waals surface area (Å²) in [4.78, 5) is 24.0. The average Bonchev–Trinajstić information content (AvgIpc) is 2.75. The lowest BCUT2D eigenvalue weighted by Crippen LogP contribution is -2.20. The van der Waals surface area contributed by atoms with Crippen LogP contribution in [0.1, 0.15) is 15.9 Å². The van der Waals surface area contributed by atoms with Crippen LogP contribution in [-0.4, -0.2) is 24.6 Å². The molecule has 0 aliphatic carbocycles. The van der Waals surface area contributed by atoms with Crippen LogP contribution in [0.15, 0.2) is 76.3 Å². The number of rotatable bonds is 7. The first kappa shape index (κ1) is 22.5. The van der Waals surface area contributed by atoms with Crippen molar-refractivity contribution >= 4 is 51.2 Å². The van der Waals surface area contributed by atoms with Crippen molar-refractivity contribution in [3.8, 4) is 5.75 Å². The smallest absolute Gasteiger partial charge is 0.271 e. The third-order valence-corrected chi connectivity index (χ3v) is 4.82. The van der Waals surface area contributed by atoms with Gasteiger partial charge in [-0.25, -0.2) is 9.82 Å². The Labute approximate surface area is 191 Å². The summed E-state index contributed by atoms with van der Waals surface area (Å²) in [5, 5.41) is 6.90. The fourth-order valence-electron chi connectivity index (χ4n) is 2.44. The van der Waals surface area contributed by atoms with Crippen molar-refractivity contribution in [2.75, 3.05) is 11.9 Å². The molecular weight excluding hydrogens is 489 g/mol. The molecule has 6 nitrogen and oxygen atoms in total. The van der Waals surface area contributed by atoms with Crippen LogP contribution >= 0.6 is 27.5 Å². The Kier molecular flexibility index (Phi) is 7.75. The molecule has 0 aliphatic heterocycles. The van der Waals surface area contributed by atoms with Gasteiger partial charge in [-0.3, -0.25) is 9.59 Å². The number of halogens is 3. The Balaban J connectivity index is 1.52. The van der Waals surface area contributed by atoms with Crippen molar-refractivity contribution < 1.29 is 18.7 Å². The van der Waals surface area contributed by atoms with E-state index in [1.54, 1.807) is 48.5 Å². The highest BCUT2D eigenvalue weighted by Crippen LogP contribution is 2.25. The zero-order valence-corrected chi connectivity index (χ0v) is 18.3. The van der Waals surface area contributed by atoms with Gasteiger partial charge in [-0.1, -0.05) is 23.7 Å². The van der Waals surface area contributed by atoms with Crippen molar-refractivity contribution in [1.29, 1.82) is 0 Å². The number of hydrogen-bond acceptors (Lipinski definition) is 4. The van der Waals surface area contributed by atoms with Gasteiger partial charge in [0.1, 0.15) is 11.6 Å². The van der Waals surface area contributed by atoms with E-state index in [2.05, 4.69) is 31.8 Å². The molecule has 0 fully saturated rings. The van der Waals surface area contributed by atoms with E-state index in [4.69, 9.17) is 16.3 Å². The van der Waals surface area contributed by atoms with Crippen LogP contribution in [0.2, 0.25) is 5.02 Å². The number of para-hydroxylation sites is 1. The molecule has 3 rings (SSSR count). The first-order valence-electron chi connectivity index (χ1n) is 8.98. The SMILES string of the molecule is O=C(COc1ccc(/C=N/NC(=O)c2ccc(Cl)cc2)cc1Br)Nc1ccccc1F. The highest BCUT2D eigenvalue weighted by molar-refractivity contribution is 9.10. The van der Waals surface area contributed by atoms with Gasteiger partial charge in [0.05, 0.1) is 16.4 Å². The van der Waals surface area contributed by atoms with Gasteiger partial charge < -0.3 is 10.1 Å². The molecule has 31 heavy (non-hydrogen) atoms. The maximum absolute atomic E-state index is 13.6. The molecule has 0 bridgehead atoms. The van der Waals surface area contributed by atoms with Crippen LogP contribution < -0.4 is 15.5 Å². The summed E-state index contributed by atoms with van der Waals surface area (Å²) in [5.41, 5.74) is 3.63. The van der Waals surface area contributed by atoms with Crippen molar-refractivity contribution in [2.45, 2.75) is 0 Å². The molecule has 9 heteroatoms. The topological polar surface area (TPSA) is 79.8 Å². The molecule has 3 aromatic carbocycles. The van der Waals surface area contributed by atoms with Crippen LogP contribution in [0.25, 0.3) is 0 Å². The molecular formula is C22H16BrClFN3O3. The Morgan fingerprint density at radius 3 is 2.55 bits per heavy atom. The first-order chi connectivity index (χ1) is 14.9. The van der Waals surface area contributed by atoms with E-state index in [1.807, 2.05) is 0 Å². The second-order valence-electron chi connectivity index (χ2n) is 6.21. The van der Waals surface area contributed by atoms with Crippen molar-refractivity contribution in [3.63, 3.8) is 0 Å². The lowest BCUT2D eigenvalue weighted by Gasteiger charge is -2.10. The fraction of sp³-hybridized carbons (Fsp3) is 0.0455. The Morgan fingerprint density at radius 1 is 1.10 bits per heavy atom. The minimum atomic E-state index is -0.524. The zero-order chi connectivity index (χ0) is 22.2. The molecule has 0 saturated carbocycles. The number of carbonyl (C=O) groups is 2. The Bertz CT molecular complexity index is 1120. The molecule has 0 saturated heterocycles. The molecule has 0 aromatic heterocycles. The minimum Gasteiger partial charge on any atom is -0.483 e. The predicted molar refractivity (Wildman–Crippen MR) is 121 cm³/mol. The van der Waals surface area contributed by atoms with Gasteiger partial charge in [-0.15, -0.1) is 0 Å². The van der Waals surface area contributed by atoms with Crippen LogP contribution in [-0.2, 0) is 4.79 Å². The minimum absolute atomic E-state index is 0.0855. The van der Waals surface area contributed by atoms with E-state index in [9.17, 15) is 14.0 Å². The van der Waals surface area contributed by atoms with E-state index in [0.29, 0.717) is 26.4 Å². The van der Waals surface area contributed by atoms with Crippen LogP contribution in [0.5, 0.6) is 5.75 Å². The van der Waals surface area contributed by atoms with Crippen LogP contribution in [0.4, 0.5) is 10.1 Å². The molecule has 0 spiro atoms. The number of hydrogen-bond donors (Lipinski definition) is 2. The van der Waals surface area contributed by atoms with Crippen molar-refractivity contribution in [1.82, 2.24) is 5.43 Å². The maximum Gasteiger partial charge on any atom is 0.271 e. The van der Waals surface area contributed by atoms with E-state index < -0.39 is 11.7 Å². The van der Waals surface area contributed by atoms with Gasteiger partial charge in [-0.2, -0.15) is 5.10 Å². The van der Waals surface area contributed by atoms with Crippen LogP contribution in [0, 0.1) is 5.82 Å². The van der Waals surface area contributed by atoms with Crippen molar-refractivity contribution in [3.05, 3.63) is 93.2 Å². The summed E-state index contributed by atoms with van der Waals surface area (Å²) in [6, 6.07) is 17.3. The van der Waals surface area contributed by atoms with E-state index in [1.165, 1.54) is 24.4 Å². The van der Waals surface area contributed by atoms with Gasteiger partial charge in [0.25, 0.3) is 11.8 Å². The number of nitrogens with one attached hydrogen (secondary N) is 2. The quantitative estimate of drug-likeness (QED) is 0.350. The van der Waals surface area contributed by atoms with Gasteiger partial charge >= 0.3 is 0 Å². The molecule has 2 N–H and O–H groups in total. The number of carbonyl (C=O) groups excluding carboxylic acids is 2. The van der Waals surface area contributed by atoms with E-state index in [0.717, 1.165) is 0 Å². The van der Waals surface area contributed by atoms with E-state index >= 15 is 0 Å². The fourth-order valence-corrected chi connectivity index (χ4v) is 3.07. The summed E-state index contributed by atoms with van der Waals surface area (Å²) in [5.74, 6) is -0.963. The highest BCUT2D eigenvalue weighted by Gasteiger charge is 2.09. The Hall–Kier alpha value is -3.23. The molecule has 0 radical (unpaired) electrons. The van der Waals surface area contributed by atoms with Gasteiger partial charge in [0, 0.05) is 10.6 Å². The molecule has 0 aliphatic rings. The number of nitrogens with zero attached hydrogens (tertiary/aromatic N) is 1. The predicted octanol–water partition coefficient (Wildman–Crippen LogP) is 5.02. The molecule has 0 unspecified atom stereocenters. The third-order valence-electron chi connectivity index (χ3n) is 3.95. The summed E-state index contributed by atoms with van der Waals surface area (Å²) >= 11 is 9.16. The molecule has 158 valence electrons. The van der Waals surface area contributed by atoms with Crippen molar-refractivity contribution in [2.24, 2.45) is 5.10 Å². The number of ether oxygens (including phenoxy) is 1. The van der Waals surface area contributed by atoms with E-state index in [-0.39, 0.29) is 18.2 Å². The first-order valence-corrected chi connectivity index (χ1v) is 10.1. The molecule has 2 amide bonds. The lowest BCUT2D eigenvalue weighted by molar-refractivity contribution is -0.118. The molecule has 0 heterocycles. The van der Waals surface area contributed by atoms with Crippen LogP contribution in [0.3, 0.4) is 0 Å². The number of hydrazone groups is 1. The number of benzene rings is 3. The summed E-state index contributed by atoms with van der Waals surface area (Å²) in [7, 11) is 0. The summed E-state index contributed by atoms with van der Waals surface area (Å²) in [6.07, 6.45) is 1.47. The lowest BCUT2D eigenvalue weighted by atomic mass is 10.2. The standard InChI is InChI=1S/C22H16BrClFN3O3/c23-17-11-14(12-26-28-22(30)15-6-8-16(24)9-7-15)5-10-20(17)31-13-21(29)27-19-4-2-1-3-18(19)25/h1-12H,13H2,(H,27,29)(H,28,30)/b26-12+. The van der Waals surface area contributed by atoms with Gasteiger partial charge in [-0.05, 0) is 76.1 Å². The summed E-state index contributed by atoms with van der Waals surface area (Å²) < 4.78 is 19.6. The second kappa shape index (κ2) is 10.7. The second-order valence-corrected chi connectivity index (χ2v) is 7.50. The monoisotopic (exact) mass is 503 g/mol. The molecule has 3 aromatic rings. The highest BCUT2D eigenvalue weighted by atomic mass is 79.9. The third kappa shape index (κ3) is 6.63. The molecule has 0 atom stereocenters. The maximum atomic E-state index is 13.6. The number of anilines is 1. The van der Waals surface area contributed by atoms with Gasteiger partial charge in [0.2, 0.25) is 0 Å². The largest absolute Gasteiger partial charge is 0.483 e. The normalized spacial score (nSPS) is 10.7. The number of amides is 2. The van der Waals surface area contributed by atoms with Gasteiger partial charge in [0.15, 0.2) is 6.61 Å². The summed E-state index contributed by atoms with van der Waals surface area (Å²) in [6.45, 7) is -0.294. The zero-order valence-electron chi connectivity index (χ0n) is 15.9. The Morgan fingerprint density at radius 2 is 1.84 bits per heavy atom. The average molecular weight is 505 g/mol.